The second-order valence-corrected chi connectivity index (χ2v) is 4.43. The number of amides is 2. The lowest BCUT2D eigenvalue weighted by molar-refractivity contribution is -0.118. The number of nitrogens with two attached hydrogens (primary N) is 1. The van der Waals surface area contributed by atoms with Crippen LogP contribution in [0, 0.1) is 0 Å². The first-order valence-corrected chi connectivity index (χ1v) is 6.44. The number of aromatic hydroxyl groups is 1. The highest BCUT2D eigenvalue weighted by Crippen LogP contribution is 2.24. The van der Waals surface area contributed by atoms with Crippen molar-refractivity contribution < 1.29 is 19.4 Å². The van der Waals surface area contributed by atoms with Crippen molar-refractivity contribution >= 4 is 11.8 Å². The summed E-state index contributed by atoms with van der Waals surface area (Å²) in [5, 5.41) is 9.86. The fraction of sp³-hybridized carbons (Fsp3) is 0.429. The summed E-state index contributed by atoms with van der Waals surface area (Å²) in [7, 11) is 1.47. The maximum absolute atomic E-state index is 12.3. The van der Waals surface area contributed by atoms with Crippen LogP contribution in [0.1, 0.15) is 30.1 Å². The maximum atomic E-state index is 12.3. The van der Waals surface area contributed by atoms with Gasteiger partial charge >= 0.3 is 0 Å². The Morgan fingerprint density at radius 3 is 2.60 bits per heavy atom. The van der Waals surface area contributed by atoms with E-state index in [1.165, 1.54) is 24.1 Å². The van der Waals surface area contributed by atoms with E-state index in [1.54, 1.807) is 6.07 Å². The highest BCUT2D eigenvalue weighted by atomic mass is 16.5. The Bertz CT molecular complexity index is 488. The molecule has 6 nitrogen and oxygen atoms in total. The molecule has 0 heterocycles. The summed E-state index contributed by atoms with van der Waals surface area (Å²) in [6.07, 6.45) is 1.65. The van der Waals surface area contributed by atoms with Crippen LogP contribution in [0.4, 0.5) is 0 Å². The van der Waals surface area contributed by atoms with Crippen molar-refractivity contribution in [2.75, 3.05) is 20.2 Å². The summed E-state index contributed by atoms with van der Waals surface area (Å²) in [6, 6.07) is 4.40. The van der Waals surface area contributed by atoms with Crippen LogP contribution in [0.3, 0.4) is 0 Å². The van der Waals surface area contributed by atoms with Crippen LogP contribution < -0.4 is 10.5 Å². The minimum absolute atomic E-state index is 0.128. The number of hydrogen-bond donors (Lipinski definition) is 2. The molecule has 0 atom stereocenters. The van der Waals surface area contributed by atoms with Gasteiger partial charge < -0.3 is 20.5 Å². The van der Waals surface area contributed by atoms with E-state index in [0.717, 1.165) is 12.8 Å². The molecule has 1 aromatic rings. The molecule has 1 rings (SSSR count). The number of nitrogens with zero attached hydrogens (tertiary/aromatic N) is 1. The smallest absolute Gasteiger partial charge is 0.258 e. The van der Waals surface area contributed by atoms with Crippen LogP contribution in [0.5, 0.6) is 11.5 Å². The van der Waals surface area contributed by atoms with E-state index < -0.39 is 11.8 Å². The molecule has 1 aromatic carbocycles. The zero-order valence-electron chi connectivity index (χ0n) is 11.8. The number of carbonyl (C=O) groups is 2. The summed E-state index contributed by atoms with van der Waals surface area (Å²) in [5.74, 6) is -0.728. The minimum Gasteiger partial charge on any atom is -0.507 e. The van der Waals surface area contributed by atoms with Gasteiger partial charge in [0.1, 0.15) is 11.5 Å². The molecule has 0 aliphatic carbocycles. The molecule has 0 fully saturated rings. The van der Waals surface area contributed by atoms with Crippen LogP contribution in [-0.4, -0.2) is 42.0 Å². The number of ether oxygens (including phenoxy) is 1. The third kappa shape index (κ3) is 4.15. The van der Waals surface area contributed by atoms with Crippen molar-refractivity contribution in [1.82, 2.24) is 4.90 Å². The summed E-state index contributed by atoms with van der Waals surface area (Å²) in [5.41, 5.74) is 5.28. The second-order valence-electron chi connectivity index (χ2n) is 4.43. The number of phenolic OH excluding ortho intramolecular Hbond substituents is 1. The summed E-state index contributed by atoms with van der Waals surface area (Å²) in [4.78, 5) is 24.7. The fourth-order valence-corrected chi connectivity index (χ4v) is 1.78. The highest BCUT2D eigenvalue weighted by Gasteiger charge is 2.20. The second kappa shape index (κ2) is 7.37. The number of rotatable bonds is 7. The molecule has 0 saturated heterocycles. The molecule has 3 N–H and O–H groups in total. The van der Waals surface area contributed by atoms with Gasteiger partial charge in [0.2, 0.25) is 5.91 Å². The molecular weight excluding hydrogens is 260 g/mol. The zero-order chi connectivity index (χ0) is 15.1. The summed E-state index contributed by atoms with van der Waals surface area (Å²) in [6.45, 7) is 2.24. The number of phenols is 1. The van der Waals surface area contributed by atoms with Crippen molar-refractivity contribution in [2.24, 2.45) is 5.73 Å². The Balaban J connectivity index is 2.95. The number of carbonyl (C=O) groups excluding carboxylic acids is 2. The van der Waals surface area contributed by atoms with Crippen molar-refractivity contribution in [3.8, 4) is 11.5 Å². The van der Waals surface area contributed by atoms with Crippen molar-refractivity contribution in [3.63, 3.8) is 0 Å². The van der Waals surface area contributed by atoms with Crippen molar-refractivity contribution in [1.29, 1.82) is 0 Å². The van der Waals surface area contributed by atoms with Gasteiger partial charge in [-0.25, -0.2) is 0 Å². The number of benzene rings is 1. The summed E-state index contributed by atoms with van der Waals surface area (Å²) < 4.78 is 4.96. The first-order chi connectivity index (χ1) is 9.49. The molecule has 110 valence electrons. The zero-order valence-corrected chi connectivity index (χ0v) is 11.8. The van der Waals surface area contributed by atoms with Gasteiger partial charge in [0.15, 0.2) is 0 Å². The van der Waals surface area contributed by atoms with Gasteiger partial charge in [0.05, 0.1) is 19.2 Å². The van der Waals surface area contributed by atoms with Crippen LogP contribution in [0.15, 0.2) is 18.2 Å². The molecule has 20 heavy (non-hydrogen) atoms. The quantitative estimate of drug-likeness (QED) is 0.783. The monoisotopic (exact) mass is 280 g/mol. The van der Waals surface area contributed by atoms with E-state index in [2.05, 4.69) is 0 Å². The number of primary amides is 1. The maximum Gasteiger partial charge on any atom is 0.258 e. The molecule has 0 spiro atoms. The number of methoxy groups -OCH3 is 1. The van der Waals surface area contributed by atoms with Crippen LogP contribution in [0.25, 0.3) is 0 Å². The van der Waals surface area contributed by atoms with Gasteiger partial charge in [-0.05, 0) is 18.6 Å². The lowest BCUT2D eigenvalue weighted by atomic mass is 10.1. The normalized spacial score (nSPS) is 10.1. The Morgan fingerprint density at radius 2 is 2.10 bits per heavy atom. The third-order valence-electron chi connectivity index (χ3n) is 2.85. The lowest BCUT2D eigenvalue weighted by Crippen LogP contribution is -2.39. The van der Waals surface area contributed by atoms with E-state index in [9.17, 15) is 14.7 Å². The topological polar surface area (TPSA) is 92.9 Å². The molecular formula is C14H20N2O4. The SMILES string of the molecule is CCCCN(CC(N)=O)C(=O)c1ccc(OC)cc1O. The number of unbranched alkanes of at least 4 members (excludes halogenated alkanes) is 1. The van der Waals surface area contributed by atoms with Gasteiger partial charge in [0.25, 0.3) is 5.91 Å². The lowest BCUT2D eigenvalue weighted by Gasteiger charge is -2.21. The van der Waals surface area contributed by atoms with E-state index >= 15 is 0 Å². The van der Waals surface area contributed by atoms with E-state index in [0.29, 0.717) is 12.3 Å². The van der Waals surface area contributed by atoms with Crippen LogP contribution >= 0.6 is 0 Å². The highest BCUT2D eigenvalue weighted by molar-refractivity contribution is 5.98. The fourth-order valence-electron chi connectivity index (χ4n) is 1.78. The Hall–Kier alpha value is -2.24. The third-order valence-corrected chi connectivity index (χ3v) is 2.85. The van der Waals surface area contributed by atoms with E-state index in [4.69, 9.17) is 10.5 Å². The van der Waals surface area contributed by atoms with Gasteiger partial charge in [0, 0.05) is 12.6 Å². The van der Waals surface area contributed by atoms with Gasteiger partial charge in [-0.3, -0.25) is 9.59 Å². The predicted molar refractivity (Wildman–Crippen MR) is 74.7 cm³/mol. The first-order valence-electron chi connectivity index (χ1n) is 6.44. The van der Waals surface area contributed by atoms with E-state index in [1.807, 2.05) is 6.92 Å². The molecule has 6 heteroatoms. The average molecular weight is 280 g/mol. The van der Waals surface area contributed by atoms with E-state index in [-0.39, 0.29) is 17.9 Å². The molecule has 0 unspecified atom stereocenters. The first kappa shape index (κ1) is 15.8. The summed E-state index contributed by atoms with van der Waals surface area (Å²) >= 11 is 0. The van der Waals surface area contributed by atoms with Crippen molar-refractivity contribution in [2.45, 2.75) is 19.8 Å². The van der Waals surface area contributed by atoms with Crippen molar-refractivity contribution in [3.05, 3.63) is 23.8 Å². The van der Waals surface area contributed by atoms with Crippen LogP contribution in [0.2, 0.25) is 0 Å². The average Bonchev–Trinajstić information content (AvgIpc) is 2.42. The standard InChI is InChI=1S/C14H20N2O4/c1-3-4-7-16(9-13(15)18)14(19)11-6-5-10(20-2)8-12(11)17/h5-6,8,17H,3-4,7,9H2,1-2H3,(H2,15,18). The Labute approximate surface area is 118 Å². The molecule has 0 aliphatic rings. The van der Waals surface area contributed by atoms with Gasteiger partial charge in [-0.1, -0.05) is 13.3 Å². The van der Waals surface area contributed by atoms with Gasteiger partial charge in [-0.2, -0.15) is 0 Å². The minimum atomic E-state index is -0.581. The molecule has 0 aromatic heterocycles. The van der Waals surface area contributed by atoms with Crippen LogP contribution in [-0.2, 0) is 4.79 Å². The molecule has 0 saturated carbocycles. The Kier molecular flexibility index (Phi) is 5.83. The molecule has 0 aliphatic heterocycles. The number of hydrogen-bond acceptors (Lipinski definition) is 4. The largest absolute Gasteiger partial charge is 0.507 e. The predicted octanol–water partition coefficient (Wildman–Crippen LogP) is 1.13. The Morgan fingerprint density at radius 1 is 1.40 bits per heavy atom. The van der Waals surface area contributed by atoms with Gasteiger partial charge in [-0.15, -0.1) is 0 Å². The molecule has 0 bridgehead atoms. The molecule has 2 amide bonds. The molecule has 0 radical (unpaired) electrons.